The van der Waals surface area contributed by atoms with Crippen LogP contribution in [-0.2, 0) is 11.8 Å². The van der Waals surface area contributed by atoms with Crippen molar-refractivity contribution < 1.29 is 10.2 Å². The Hall–Kier alpha value is -0.860. The zero-order chi connectivity index (χ0) is 12.3. The van der Waals surface area contributed by atoms with Crippen molar-refractivity contribution in [2.24, 2.45) is 0 Å². The summed E-state index contributed by atoms with van der Waals surface area (Å²) in [6.07, 6.45) is -0.856. The van der Waals surface area contributed by atoms with Crippen LogP contribution in [-0.4, -0.2) is 22.4 Å². The highest BCUT2D eigenvalue weighted by Crippen LogP contribution is 2.22. The van der Waals surface area contributed by atoms with Gasteiger partial charge in [-0.1, -0.05) is 45.0 Å². The van der Waals surface area contributed by atoms with E-state index < -0.39 is 12.2 Å². The molecule has 2 N–H and O–H groups in total. The van der Waals surface area contributed by atoms with Gasteiger partial charge in [-0.15, -0.1) is 0 Å². The van der Waals surface area contributed by atoms with E-state index in [2.05, 4.69) is 32.9 Å². The Morgan fingerprint density at radius 2 is 1.56 bits per heavy atom. The number of hydrogen-bond acceptors (Lipinski definition) is 2. The van der Waals surface area contributed by atoms with Gasteiger partial charge in [-0.05, 0) is 23.5 Å². The SMILES string of the molecule is CC(O)C(O)Cc1ccc(C(C)(C)C)cc1. The van der Waals surface area contributed by atoms with Gasteiger partial charge in [0.15, 0.2) is 0 Å². The average molecular weight is 222 g/mol. The summed E-state index contributed by atoms with van der Waals surface area (Å²) in [5.41, 5.74) is 2.49. The van der Waals surface area contributed by atoms with Gasteiger partial charge in [0.25, 0.3) is 0 Å². The van der Waals surface area contributed by atoms with E-state index >= 15 is 0 Å². The number of aliphatic hydroxyl groups is 2. The second-order valence-corrected chi connectivity index (χ2v) is 5.46. The van der Waals surface area contributed by atoms with E-state index in [0.29, 0.717) is 6.42 Å². The summed E-state index contributed by atoms with van der Waals surface area (Å²) in [5, 5.41) is 18.8. The first-order valence-electron chi connectivity index (χ1n) is 5.76. The van der Waals surface area contributed by atoms with E-state index in [0.717, 1.165) is 5.56 Å². The molecular weight excluding hydrogens is 200 g/mol. The zero-order valence-corrected chi connectivity index (χ0v) is 10.6. The van der Waals surface area contributed by atoms with Crippen molar-refractivity contribution in [3.05, 3.63) is 35.4 Å². The Balaban J connectivity index is 2.72. The maximum Gasteiger partial charge on any atom is 0.0836 e. The number of rotatable bonds is 3. The van der Waals surface area contributed by atoms with Gasteiger partial charge >= 0.3 is 0 Å². The summed E-state index contributed by atoms with van der Waals surface area (Å²) in [6, 6.07) is 8.21. The van der Waals surface area contributed by atoms with Crippen molar-refractivity contribution in [1.29, 1.82) is 0 Å². The normalized spacial score (nSPS) is 15.9. The van der Waals surface area contributed by atoms with Gasteiger partial charge in [0.1, 0.15) is 0 Å². The second kappa shape index (κ2) is 4.98. The molecule has 1 aromatic carbocycles. The smallest absolute Gasteiger partial charge is 0.0836 e. The minimum absolute atomic E-state index is 0.154. The van der Waals surface area contributed by atoms with Crippen LogP contribution in [0.3, 0.4) is 0 Å². The average Bonchev–Trinajstić information content (AvgIpc) is 2.17. The summed E-state index contributed by atoms with van der Waals surface area (Å²) >= 11 is 0. The fourth-order valence-electron chi connectivity index (χ4n) is 1.55. The highest BCUT2D eigenvalue weighted by Gasteiger charge is 2.14. The Bertz CT molecular complexity index is 320. The van der Waals surface area contributed by atoms with Crippen LogP contribution in [0, 0.1) is 0 Å². The number of hydrogen-bond donors (Lipinski definition) is 2. The molecule has 1 rings (SSSR count). The molecule has 0 radical (unpaired) electrons. The van der Waals surface area contributed by atoms with E-state index in [9.17, 15) is 10.2 Å². The molecule has 16 heavy (non-hydrogen) atoms. The van der Waals surface area contributed by atoms with Gasteiger partial charge in [-0.25, -0.2) is 0 Å². The maximum absolute atomic E-state index is 9.56. The quantitative estimate of drug-likeness (QED) is 0.823. The van der Waals surface area contributed by atoms with Gasteiger partial charge in [0.2, 0.25) is 0 Å². The predicted octanol–water partition coefficient (Wildman–Crippen LogP) is 2.27. The molecule has 0 amide bonds. The Morgan fingerprint density at radius 3 is 1.94 bits per heavy atom. The summed E-state index contributed by atoms with van der Waals surface area (Å²) in [6.45, 7) is 8.13. The van der Waals surface area contributed by atoms with Gasteiger partial charge < -0.3 is 10.2 Å². The molecular formula is C14H22O2. The van der Waals surface area contributed by atoms with Gasteiger partial charge in [-0.2, -0.15) is 0 Å². The molecule has 0 aliphatic carbocycles. The van der Waals surface area contributed by atoms with Crippen molar-refractivity contribution in [3.63, 3.8) is 0 Å². The van der Waals surface area contributed by atoms with Crippen LogP contribution >= 0.6 is 0 Å². The fourth-order valence-corrected chi connectivity index (χ4v) is 1.55. The Kier molecular flexibility index (Phi) is 4.11. The molecule has 1 aromatic rings. The van der Waals surface area contributed by atoms with E-state index in [-0.39, 0.29) is 5.41 Å². The third-order valence-electron chi connectivity index (χ3n) is 2.82. The first-order chi connectivity index (χ1) is 7.30. The van der Waals surface area contributed by atoms with Crippen LogP contribution in [0.5, 0.6) is 0 Å². The summed E-state index contributed by atoms with van der Waals surface area (Å²) in [7, 11) is 0. The van der Waals surface area contributed by atoms with Crippen molar-refractivity contribution in [2.45, 2.75) is 51.7 Å². The van der Waals surface area contributed by atoms with Crippen molar-refractivity contribution in [3.8, 4) is 0 Å². The molecule has 0 spiro atoms. The number of aliphatic hydroxyl groups excluding tert-OH is 2. The Morgan fingerprint density at radius 1 is 1.06 bits per heavy atom. The van der Waals surface area contributed by atoms with Gasteiger partial charge in [0.05, 0.1) is 12.2 Å². The molecule has 0 aromatic heterocycles. The zero-order valence-electron chi connectivity index (χ0n) is 10.6. The van der Waals surface area contributed by atoms with Crippen LogP contribution in [0.2, 0.25) is 0 Å². The molecule has 0 aliphatic heterocycles. The molecule has 90 valence electrons. The molecule has 0 heterocycles. The van der Waals surface area contributed by atoms with Crippen LogP contribution in [0.4, 0.5) is 0 Å². The van der Waals surface area contributed by atoms with Crippen LogP contribution in [0.1, 0.15) is 38.8 Å². The largest absolute Gasteiger partial charge is 0.391 e. The lowest BCUT2D eigenvalue weighted by Gasteiger charge is -2.20. The van der Waals surface area contributed by atoms with E-state index in [4.69, 9.17) is 0 Å². The molecule has 2 heteroatoms. The lowest BCUT2D eigenvalue weighted by Crippen LogP contribution is -2.24. The van der Waals surface area contributed by atoms with Crippen LogP contribution < -0.4 is 0 Å². The summed E-state index contributed by atoms with van der Waals surface area (Å²) in [4.78, 5) is 0. The molecule has 2 unspecified atom stereocenters. The van der Waals surface area contributed by atoms with Gasteiger partial charge in [-0.3, -0.25) is 0 Å². The maximum atomic E-state index is 9.56. The highest BCUT2D eigenvalue weighted by molar-refractivity contribution is 5.27. The minimum Gasteiger partial charge on any atom is -0.391 e. The van der Waals surface area contributed by atoms with Gasteiger partial charge in [0, 0.05) is 6.42 Å². The fraction of sp³-hybridized carbons (Fsp3) is 0.571. The lowest BCUT2D eigenvalue weighted by molar-refractivity contribution is 0.0319. The van der Waals surface area contributed by atoms with E-state index in [1.807, 2.05) is 12.1 Å². The standard InChI is InChI=1S/C14H22O2/c1-10(15)13(16)9-11-5-7-12(8-6-11)14(2,3)4/h5-8,10,13,15-16H,9H2,1-4H3. The lowest BCUT2D eigenvalue weighted by atomic mass is 9.86. The first kappa shape index (κ1) is 13.2. The summed E-state index contributed by atoms with van der Waals surface area (Å²) in [5.74, 6) is 0. The first-order valence-corrected chi connectivity index (χ1v) is 5.76. The Labute approximate surface area is 97.9 Å². The van der Waals surface area contributed by atoms with Crippen molar-refractivity contribution >= 4 is 0 Å². The monoisotopic (exact) mass is 222 g/mol. The molecule has 0 saturated heterocycles. The van der Waals surface area contributed by atoms with Crippen LogP contribution in [0.25, 0.3) is 0 Å². The van der Waals surface area contributed by atoms with Crippen molar-refractivity contribution in [1.82, 2.24) is 0 Å². The number of benzene rings is 1. The molecule has 2 nitrogen and oxygen atoms in total. The minimum atomic E-state index is -0.680. The third-order valence-corrected chi connectivity index (χ3v) is 2.82. The molecule has 0 fully saturated rings. The molecule has 0 saturated carbocycles. The van der Waals surface area contributed by atoms with E-state index in [1.165, 1.54) is 5.56 Å². The highest BCUT2D eigenvalue weighted by atomic mass is 16.3. The molecule has 2 atom stereocenters. The molecule has 0 bridgehead atoms. The second-order valence-electron chi connectivity index (χ2n) is 5.46. The van der Waals surface area contributed by atoms with Crippen LogP contribution in [0.15, 0.2) is 24.3 Å². The summed E-state index contributed by atoms with van der Waals surface area (Å²) < 4.78 is 0. The predicted molar refractivity (Wildman–Crippen MR) is 66.5 cm³/mol. The third kappa shape index (κ3) is 3.62. The van der Waals surface area contributed by atoms with E-state index in [1.54, 1.807) is 6.92 Å². The topological polar surface area (TPSA) is 40.5 Å². The molecule has 0 aliphatic rings. The van der Waals surface area contributed by atoms with Crippen molar-refractivity contribution in [2.75, 3.05) is 0 Å².